The van der Waals surface area contributed by atoms with Gasteiger partial charge in [0.05, 0.1) is 27.3 Å². The van der Waals surface area contributed by atoms with Crippen molar-refractivity contribution in [3.63, 3.8) is 0 Å². The molecule has 0 aliphatic carbocycles. The maximum absolute atomic E-state index is 12.8. The molecule has 65 heavy (non-hydrogen) atoms. The minimum absolute atomic E-state index is 0.000479. The quantitative estimate of drug-likeness (QED) is 0.114. The fourth-order valence-electron chi connectivity index (χ4n) is 7.64. The summed E-state index contributed by atoms with van der Waals surface area (Å²) in [6, 6.07) is 23.9. The van der Waals surface area contributed by atoms with Crippen LogP contribution in [0.5, 0.6) is 5.75 Å². The zero-order valence-electron chi connectivity index (χ0n) is 36.5. The fraction of sp³-hybridized carbons (Fsp3) is 0.312. The van der Waals surface area contributed by atoms with Gasteiger partial charge >= 0.3 is 6.18 Å². The molecule has 0 saturated carbocycles. The third kappa shape index (κ3) is 12.4. The molecular formula is C48H50Cl2F3N9O3. The van der Waals surface area contributed by atoms with Gasteiger partial charge in [0.15, 0.2) is 6.61 Å². The van der Waals surface area contributed by atoms with E-state index in [1.807, 2.05) is 56.3 Å². The Morgan fingerprint density at radius 1 is 0.815 bits per heavy atom. The third-order valence-electron chi connectivity index (χ3n) is 11.3. The average molecular weight is 929 g/mol. The van der Waals surface area contributed by atoms with E-state index in [1.165, 1.54) is 6.08 Å². The number of fused-ring (bicyclic) bond motifs is 2. The number of ether oxygens (including phenoxy) is 1. The van der Waals surface area contributed by atoms with Gasteiger partial charge in [-0.1, -0.05) is 35.3 Å². The van der Waals surface area contributed by atoms with Crippen LogP contribution in [-0.4, -0.2) is 97.7 Å². The molecule has 12 nitrogen and oxygen atoms in total. The molecule has 2 aliphatic rings. The molecule has 4 aromatic carbocycles. The smallest absolute Gasteiger partial charge is 0.416 e. The number of piperidine rings is 1. The first kappa shape index (κ1) is 47.0. The number of rotatable bonds is 10. The van der Waals surface area contributed by atoms with Crippen molar-refractivity contribution >= 4 is 86.0 Å². The predicted molar refractivity (Wildman–Crippen MR) is 254 cm³/mol. The highest BCUT2D eigenvalue weighted by Gasteiger charge is 2.31. The van der Waals surface area contributed by atoms with Crippen LogP contribution in [0.2, 0.25) is 10.0 Å². The van der Waals surface area contributed by atoms with Crippen LogP contribution in [0.3, 0.4) is 0 Å². The van der Waals surface area contributed by atoms with Gasteiger partial charge in [-0.15, -0.1) is 0 Å². The fourth-order valence-corrected chi connectivity index (χ4v) is 8.00. The Labute approximate surface area is 385 Å². The molecular weight excluding hydrogens is 878 g/mol. The summed E-state index contributed by atoms with van der Waals surface area (Å²) in [5.41, 5.74) is 4.97. The number of anilines is 4. The lowest BCUT2D eigenvalue weighted by Crippen LogP contribution is -2.44. The van der Waals surface area contributed by atoms with Gasteiger partial charge < -0.3 is 35.4 Å². The molecule has 8 rings (SSSR count). The first-order valence-corrected chi connectivity index (χ1v) is 22.0. The number of pyridine rings is 1. The molecule has 3 N–H and O–H groups in total. The van der Waals surface area contributed by atoms with Crippen molar-refractivity contribution in [2.45, 2.75) is 38.9 Å². The number of alkyl halides is 3. The van der Waals surface area contributed by atoms with E-state index >= 15 is 0 Å². The Hall–Kier alpha value is -6.00. The largest absolute Gasteiger partial charge is 0.482 e. The summed E-state index contributed by atoms with van der Waals surface area (Å²) < 4.78 is 43.7. The zero-order valence-corrected chi connectivity index (χ0v) is 38.0. The number of hydrogen-bond acceptors (Lipinski definition) is 10. The zero-order chi connectivity index (χ0) is 46.3. The number of amides is 2. The van der Waals surface area contributed by atoms with Crippen molar-refractivity contribution in [1.82, 2.24) is 25.2 Å². The maximum atomic E-state index is 12.8. The van der Waals surface area contributed by atoms with Gasteiger partial charge in [0.25, 0.3) is 5.91 Å². The predicted octanol–water partition coefficient (Wildman–Crippen LogP) is 9.42. The van der Waals surface area contributed by atoms with Crippen LogP contribution >= 0.6 is 23.2 Å². The average Bonchev–Trinajstić information content (AvgIpc) is 3.29. The highest BCUT2D eigenvalue weighted by Crippen LogP contribution is 2.35. The minimum Gasteiger partial charge on any atom is -0.482 e. The second-order valence-electron chi connectivity index (χ2n) is 16.1. The van der Waals surface area contributed by atoms with E-state index in [9.17, 15) is 22.8 Å². The Balaban J connectivity index is 0.000000198. The number of aromatic nitrogens is 3. The molecule has 2 aliphatic heterocycles. The molecule has 340 valence electrons. The van der Waals surface area contributed by atoms with E-state index < -0.39 is 24.3 Å². The molecule has 2 fully saturated rings. The summed E-state index contributed by atoms with van der Waals surface area (Å²) >= 11 is 11.8. The monoisotopic (exact) mass is 927 g/mol. The van der Waals surface area contributed by atoms with E-state index in [-0.39, 0.29) is 16.7 Å². The molecule has 2 amide bonds. The molecule has 0 radical (unpaired) electrons. The van der Waals surface area contributed by atoms with Crippen molar-refractivity contribution in [2.75, 3.05) is 80.4 Å². The van der Waals surface area contributed by atoms with Gasteiger partial charge in [-0.3, -0.25) is 9.59 Å². The Bertz CT molecular complexity index is 2690. The summed E-state index contributed by atoms with van der Waals surface area (Å²) in [7, 11) is 4.23. The lowest BCUT2D eigenvalue weighted by molar-refractivity contribution is -0.137. The van der Waals surface area contributed by atoms with E-state index in [4.69, 9.17) is 37.9 Å². The number of carbonyl (C=O) groups excluding carboxylic acids is 2. The van der Waals surface area contributed by atoms with Crippen molar-refractivity contribution < 1.29 is 27.5 Å². The number of nitrogens with zero attached hydrogens (tertiary/aromatic N) is 6. The molecule has 4 heterocycles. The first-order valence-electron chi connectivity index (χ1n) is 21.2. The number of benzene rings is 4. The summed E-state index contributed by atoms with van der Waals surface area (Å²) in [4.78, 5) is 45.7. The standard InChI is InChI=1S/C26H28ClF3N4O2.C22H22ClN5O/c1-16-12-24(34-10-8-19(9-11-34)33(2)3)32-22-6-5-18(14-20(16)22)31-25(35)15-36-23-7-4-17(13-21(23)27)26(28,29)30;1-15-19-14-18(26-21(29)9-4-16-2-5-17(23)6-3-16)7-8-20(19)27-22(25-15)28-12-10-24-11-13-28/h4-7,12-14,19H,8-11,15H2,1-3H3,(H,31,35);2-9,14,24H,10-13H2,1H3,(H,26,29). The lowest BCUT2D eigenvalue weighted by atomic mass is 10.0. The second kappa shape index (κ2) is 20.9. The van der Waals surface area contributed by atoms with E-state index in [2.05, 4.69) is 55.8 Å². The highest BCUT2D eigenvalue weighted by molar-refractivity contribution is 6.32. The number of piperazine rings is 1. The number of halogens is 5. The molecule has 2 aromatic heterocycles. The van der Waals surface area contributed by atoms with Crippen molar-refractivity contribution in [1.29, 1.82) is 0 Å². The van der Waals surface area contributed by atoms with Crippen molar-refractivity contribution in [2.24, 2.45) is 0 Å². The van der Waals surface area contributed by atoms with E-state index in [0.717, 1.165) is 121 Å². The van der Waals surface area contributed by atoms with Gasteiger partial charge in [-0.25, -0.2) is 15.0 Å². The number of carbonyl (C=O) groups is 2. The molecule has 17 heteroatoms. The first-order chi connectivity index (χ1) is 31.1. The van der Waals surface area contributed by atoms with Gasteiger partial charge in [-0.05, 0) is 131 Å². The summed E-state index contributed by atoms with van der Waals surface area (Å²) in [6.45, 7) is 9.18. The normalized spacial score (nSPS) is 14.7. The third-order valence-corrected chi connectivity index (χ3v) is 11.8. The summed E-state index contributed by atoms with van der Waals surface area (Å²) in [5.74, 6) is 1.06. The number of nitrogens with one attached hydrogen (secondary N) is 3. The molecule has 0 atom stereocenters. The van der Waals surface area contributed by atoms with Gasteiger partial charge in [-0.2, -0.15) is 13.2 Å². The van der Waals surface area contributed by atoms with Crippen molar-refractivity contribution in [3.05, 3.63) is 123 Å². The van der Waals surface area contributed by atoms with Crippen LogP contribution < -0.4 is 30.5 Å². The SMILES string of the molecule is Cc1cc(N2CCC(N(C)C)CC2)nc2ccc(NC(=O)COc3ccc(C(F)(F)F)cc3Cl)cc12.Cc1nc(N2CCNCC2)nc2ccc(NC(=O)C=Cc3ccc(Cl)cc3)cc12. The summed E-state index contributed by atoms with van der Waals surface area (Å²) in [6.07, 6.45) is 0.935. The van der Waals surface area contributed by atoms with Crippen LogP contribution in [0, 0.1) is 13.8 Å². The minimum atomic E-state index is -4.51. The highest BCUT2D eigenvalue weighted by atomic mass is 35.5. The summed E-state index contributed by atoms with van der Waals surface area (Å²) in [5, 5.41) is 11.3. The van der Waals surface area contributed by atoms with Crippen molar-refractivity contribution in [3.8, 4) is 5.75 Å². The lowest BCUT2D eigenvalue weighted by Gasteiger charge is -2.36. The second-order valence-corrected chi connectivity index (χ2v) is 17.0. The maximum Gasteiger partial charge on any atom is 0.416 e. The van der Waals surface area contributed by atoms with Crippen LogP contribution in [0.15, 0.2) is 91.0 Å². The van der Waals surface area contributed by atoms with Crippen LogP contribution in [-0.2, 0) is 15.8 Å². The van der Waals surface area contributed by atoms with Gasteiger partial charge in [0.1, 0.15) is 11.6 Å². The molecule has 2 saturated heterocycles. The topological polar surface area (TPSA) is 128 Å². The Morgan fingerprint density at radius 3 is 2.14 bits per heavy atom. The Kier molecular flexibility index (Phi) is 15.1. The number of hydrogen-bond donors (Lipinski definition) is 3. The molecule has 0 spiro atoms. The Morgan fingerprint density at radius 2 is 1.48 bits per heavy atom. The van der Waals surface area contributed by atoms with Gasteiger partial charge in [0.2, 0.25) is 11.9 Å². The van der Waals surface area contributed by atoms with Crippen LogP contribution in [0.25, 0.3) is 27.9 Å². The van der Waals surface area contributed by atoms with Crippen LogP contribution in [0.4, 0.5) is 36.3 Å². The number of aryl methyl sites for hydroxylation is 2. The van der Waals surface area contributed by atoms with Gasteiger partial charge in [0, 0.05) is 78.6 Å². The van der Waals surface area contributed by atoms with E-state index in [1.54, 1.807) is 24.3 Å². The van der Waals surface area contributed by atoms with E-state index in [0.29, 0.717) is 22.4 Å². The molecule has 0 bridgehead atoms. The molecule has 0 unspecified atom stereocenters. The molecule has 6 aromatic rings. The van der Waals surface area contributed by atoms with Crippen LogP contribution in [0.1, 0.15) is 35.2 Å².